The zero-order chi connectivity index (χ0) is 20.4. The first-order chi connectivity index (χ1) is 12.7. The standard InChI is InChI=1S/C23H36O4/c1-16(2)9-7-11-22(24)26-20-14-13-19(18(5)6)15-21(20)27-23(25)12-8-10-17(3)4/h13-18H,7-12H2,1-6H3. The Morgan fingerprint density at radius 3 is 1.70 bits per heavy atom. The Balaban J connectivity index is 2.78. The van der Waals surface area contributed by atoms with Crippen molar-refractivity contribution in [3.8, 4) is 11.5 Å². The van der Waals surface area contributed by atoms with Gasteiger partial charge in [-0.15, -0.1) is 0 Å². The molecule has 0 amide bonds. The van der Waals surface area contributed by atoms with Crippen molar-refractivity contribution in [3.05, 3.63) is 23.8 Å². The lowest BCUT2D eigenvalue weighted by Crippen LogP contribution is -2.13. The first-order valence-electron chi connectivity index (χ1n) is 10.2. The molecule has 0 fully saturated rings. The van der Waals surface area contributed by atoms with E-state index < -0.39 is 0 Å². The van der Waals surface area contributed by atoms with Gasteiger partial charge in [0.15, 0.2) is 11.5 Å². The molecule has 0 atom stereocenters. The van der Waals surface area contributed by atoms with Crippen molar-refractivity contribution < 1.29 is 19.1 Å². The van der Waals surface area contributed by atoms with Crippen LogP contribution < -0.4 is 9.47 Å². The van der Waals surface area contributed by atoms with Gasteiger partial charge in [0.25, 0.3) is 0 Å². The third kappa shape index (κ3) is 9.60. The molecule has 0 heterocycles. The van der Waals surface area contributed by atoms with Crippen LogP contribution in [0.5, 0.6) is 11.5 Å². The van der Waals surface area contributed by atoms with Crippen molar-refractivity contribution in [3.63, 3.8) is 0 Å². The molecule has 1 aromatic carbocycles. The lowest BCUT2D eigenvalue weighted by Gasteiger charge is -2.14. The lowest BCUT2D eigenvalue weighted by atomic mass is 10.0. The van der Waals surface area contributed by atoms with Crippen LogP contribution in [0.4, 0.5) is 0 Å². The van der Waals surface area contributed by atoms with Gasteiger partial charge in [-0.2, -0.15) is 0 Å². The maximum atomic E-state index is 12.2. The van der Waals surface area contributed by atoms with Crippen LogP contribution in [0.3, 0.4) is 0 Å². The molecule has 0 unspecified atom stereocenters. The molecule has 1 aromatic rings. The highest BCUT2D eigenvalue weighted by Gasteiger charge is 2.16. The lowest BCUT2D eigenvalue weighted by molar-refractivity contribution is -0.137. The monoisotopic (exact) mass is 376 g/mol. The van der Waals surface area contributed by atoms with Gasteiger partial charge < -0.3 is 9.47 Å². The Morgan fingerprint density at radius 2 is 1.26 bits per heavy atom. The maximum absolute atomic E-state index is 12.2. The zero-order valence-electron chi connectivity index (χ0n) is 17.8. The van der Waals surface area contributed by atoms with E-state index >= 15 is 0 Å². The van der Waals surface area contributed by atoms with E-state index in [4.69, 9.17) is 9.47 Å². The molecule has 0 radical (unpaired) electrons. The fourth-order valence-corrected chi connectivity index (χ4v) is 2.70. The number of hydrogen-bond donors (Lipinski definition) is 0. The molecule has 4 nitrogen and oxygen atoms in total. The van der Waals surface area contributed by atoms with Crippen molar-refractivity contribution in [2.75, 3.05) is 0 Å². The van der Waals surface area contributed by atoms with E-state index in [1.54, 1.807) is 6.07 Å². The number of ether oxygens (including phenoxy) is 2. The summed E-state index contributed by atoms with van der Waals surface area (Å²) in [5, 5.41) is 0. The van der Waals surface area contributed by atoms with E-state index in [0.29, 0.717) is 42.1 Å². The van der Waals surface area contributed by atoms with Crippen molar-refractivity contribution in [1.82, 2.24) is 0 Å². The predicted molar refractivity (Wildman–Crippen MR) is 109 cm³/mol. The van der Waals surface area contributed by atoms with E-state index in [-0.39, 0.29) is 11.9 Å². The molecule has 0 aliphatic carbocycles. The van der Waals surface area contributed by atoms with Gasteiger partial charge in [0.05, 0.1) is 0 Å². The molecule has 4 heteroatoms. The molecule has 0 aliphatic heterocycles. The maximum Gasteiger partial charge on any atom is 0.311 e. The molecule has 0 aromatic heterocycles. The fraction of sp³-hybridized carbons (Fsp3) is 0.652. The van der Waals surface area contributed by atoms with E-state index in [2.05, 4.69) is 41.5 Å². The predicted octanol–water partition coefficient (Wildman–Crippen LogP) is 6.27. The second-order valence-corrected chi connectivity index (χ2v) is 8.38. The van der Waals surface area contributed by atoms with Gasteiger partial charge in [0.1, 0.15) is 0 Å². The zero-order valence-corrected chi connectivity index (χ0v) is 17.8. The summed E-state index contributed by atoms with van der Waals surface area (Å²) >= 11 is 0. The molecular weight excluding hydrogens is 340 g/mol. The van der Waals surface area contributed by atoms with E-state index in [1.807, 2.05) is 12.1 Å². The number of carbonyl (C=O) groups is 2. The van der Waals surface area contributed by atoms with Crippen LogP contribution in [0.1, 0.15) is 91.5 Å². The second kappa shape index (κ2) is 11.8. The Kier molecular flexibility index (Phi) is 10.1. The first kappa shape index (κ1) is 23.2. The third-order valence-electron chi connectivity index (χ3n) is 4.41. The summed E-state index contributed by atoms with van der Waals surface area (Å²) in [5.41, 5.74) is 1.04. The minimum atomic E-state index is -0.287. The highest BCUT2D eigenvalue weighted by Crippen LogP contribution is 2.32. The van der Waals surface area contributed by atoms with Crippen LogP contribution >= 0.6 is 0 Å². The number of benzene rings is 1. The molecule has 0 saturated carbocycles. The third-order valence-corrected chi connectivity index (χ3v) is 4.41. The topological polar surface area (TPSA) is 52.6 Å². The van der Waals surface area contributed by atoms with Gasteiger partial charge in [-0.1, -0.05) is 60.5 Å². The Bertz CT molecular complexity index is 602. The van der Waals surface area contributed by atoms with Crippen LogP contribution in [0.25, 0.3) is 0 Å². The van der Waals surface area contributed by atoms with Gasteiger partial charge in [-0.05, 0) is 48.3 Å². The normalized spacial score (nSPS) is 11.3. The molecule has 0 spiro atoms. The first-order valence-corrected chi connectivity index (χ1v) is 10.2. The molecule has 0 N–H and O–H groups in total. The molecule has 0 bridgehead atoms. The number of hydrogen-bond acceptors (Lipinski definition) is 4. The summed E-state index contributed by atoms with van der Waals surface area (Å²) < 4.78 is 11.0. The van der Waals surface area contributed by atoms with Gasteiger partial charge in [-0.25, -0.2) is 0 Å². The summed E-state index contributed by atoms with van der Waals surface area (Å²) in [7, 11) is 0. The van der Waals surface area contributed by atoms with Crippen molar-refractivity contribution in [1.29, 1.82) is 0 Å². The number of esters is 2. The Labute approximate surface area is 164 Å². The molecule has 152 valence electrons. The average Bonchev–Trinajstić information content (AvgIpc) is 2.55. The van der Waals surface area contributed by atoms with Gasteiger partial charge in [0, 0.05) is 12.8 Å². The summed E-state index contributed by atoms with van der Waals surface area (Å²) in [4.78, 5) is 24.3. The smallest absolute Gasteiger partial charge is 0.311 e. The van der Waals surface area contributed by atoms with Gasteiger partial charge in [-0.3, -0.25) is 9.59 Å². The van der Waals surface area contributed by atoms with Crippen LogP contribution in [-0.4, -0.2) is 11.9 Å². The SMILES string of the molecule is CC(C)CCCC(=O)Oc1ccc(C(C)C)cc1OC(=O)CCCC(C)C. The molecule has 0 saturated heterocycles. The van der Waals surface area contributed by atoms with Gasteiger partial charge in [0.2, 0.25) is 0 Å². The summed E-state index contributed by atoms with van der Waals surface area (Å²) in [5.74, 6) is 1.51. The highest BCUT2D eigenvalue weighted by molar-refractivity contribution is 5.76. The van der Waals surface area contributed by atoms with Crippen molar-refractivity contribution >= 4 is 11.9 Å². The minimum absolute atomic E-state index is 0.284. The number of rotatable bonds is 11. The minimum Gasteiger partial charge on any atom is -0.423 e. The van der Waals surface area contributed by atoms with Crippen molar-refractivity contribution in [2.45, 2.75) is 86.0 Å². The summed E-state index contributed by atoms with van der Waals surface area (Å²) in [6, 6.07) is 5.45. The van der Waals surface area contributed by atoms with Crippen LogP contribution in [-0.2, 0) is 9.59 Å². The Morgan fingerprint density at radius 1 is 0.778 bits per heavy atom. The van der Waals surface area contributed by atoms with Crippen molar-refractivity contribution in [2.24, 2.45) is 11.8 Å². The number of carbonyl (C=O) groups excluding carboxylic acids is 2. The van der Waals surface area contributed by atoms with Crippen LogP contribution in [0.2, 0.25) is 0 Å². The molecule has 27 heavy (non-hydrogen) atoms. The Hall–Kier alpha value is -1.84. The molecule has 1 rings (SSSR count). The molecule has 0 aliphatic rings. The van der Waals surface area contributed by atoms with E-state index in [0.717, 1.165) is 31.2 Å². The average molecular weight is 377 g/mol. The summed E-state index contributed by atoms with van der Waals surface area (Å²) in [6.45, 7) is 12.7. The summed E-state index contributed by atoms with van der Waals surface area (Å²) in [6.07, 6.45) is 4.30. The second-order valence-electron chi connectivity index (χ2n) is 8.38. The highest BCUT2D eigenvalue weighted by atomic mass is 16.6. The largest absolute Gasteiger partial charge is 0.423 e. The van der Waals surface area contributed by atoms with Crippen LogP contribution in [0.15, 0.2) is 18.2 Å². The van der Waals surface area contributed by atoms with E-state index in [1.165, 1.54) is 0 Å². The van der Waals surface area contributed by atoms with Gasteiger partial charge >= 0.3 is 11.9 Å². The quantitative estimate of drug-likeness (QED) is 0.337. The fourth-order valence-electron chi connectivity index (χ4n) is 2.70. The van der Waals surface area contributed by atoms with E-state index in [9.17, 15) is 9.59 Å². The molecular formula is C23H36O4. The van der Waals surface area contributed by atoms with Crippen LogP contribution in [0, 0.1) is 11.8 Å².